The fourth-order valence-electron chi connectivity index (χ4n) is 3.05. The Labute approximate surface area is 139 Å². The van der Waals surface area contributed by atoms with Crippen molar-refractivity contribution in [1.82, 2.24) is 4.98 Å². The highest BCUT2D eigenvalue weighted by atomic mass is 16.4. The first kappa shape index (κ1) is 14.3. The molecule has 0 saturated carbocycles. The van der Waals surface area contributed by atoms with Crippen LogP contribution in [0.1, 0.15) is 10.4 Å². The lowest BCUT2D eigenvalue weighted by Gasteiger charge is -2.06. The minimum Gasteiger partial charge on any atom is -0.478 e. The standard InChI is InChI=1S/C21H15NO2/c23-21(24)16-11-12-18-17(13-16)19(14-7-3-1-4-8-14)20(22-18)15-9-5-2-6-10-15/h1-13,22H,(H,23,24). The summed E-state index contributed by atoms with van der Waals surface area (Å²) in [6.07, 6.45) is 0. The number of nitrogens with one attached hydrogen (secondary N) is 1. The molecule has 3 aromatic carbocycles. The summed E-state index contributed by atoms with van der Waals surface area (Å²) in [5.74, 6) is -0.918. The van der Waals surface area contributed by atoms with Crippen molar-refractivity contribution in [3.05, 3.63) is 84.4 Å². The molecular formula is C21H15NO2. The second-order valence-corrected chi connectivity index (χ2v) is 5.67. The first-order chi connectivity index (χ1) is 11.7. The lowest BCUT2D eigenvalue weighted by molar-refractivity contribution is 0.0697. The molecule has 0 amide bonds. The number of aromatic amines is 1. The molecule has 24 heavy (non-hydrogen) atoms. The van der Waals surface area contributed by atoms with Gasteiger partial charge in [0.1, 0.15) is 0 Å². The summed E-state index contributed by atoms with van der Waals surface area (Å²) in [5.41, 5.74) is 5.38. The van der Waals surface area contributed by atoms with Crippen LogP contribution < -0.4 is 0 Å². The average molecular weight is 313 g/mol. The second-order valence-electron chi connectivity index (χ2n) is 5.67. The molecule has 4 aromatic rings. The van der Waals surface area contributed by atoms with Crippen molar-refractivity contribution in [3.63, 3.8) is 0 Å². The van der Waals surface area contributed by atoms with Crippen LogP contribution in [0, 0.1) is 0 Å². The van der Waals surface area contributed by atoms with Gasteiger partial charge in [-0.25, -0.2) is 4.79 Å². The molecule has 1 heterocycles. The molecule has 1 aromatic heterocycles. The van der Waals surface area contributed by atoms with Crippen molar-refractivity contribution in [3.8, 4) is 22.4 Å². The third-order valence-corrected chi connectivity index (χ3v) is 4.17. The van der Waals surface area contributed by atoms with Crippen LogP contribution in [0.2, 0.25) is 0 Å². The molecule has 0 unspecified atom stereocenters. The summed E-state index contributed by atoms with van der Waals surface area (Å²) in [4.78, 5) is 14.8. The molecule has 3 heteroatoms. The minimum atomic E-state index is -0.918. The average Bonchev–Trinajstić information content (AvgIpc) is 3.01. The number of carboxylic acids is 1. The van der Waals surface area contributed by atoms with Gasteiger partial charge in [-0.05, 0) is 29.3 Å². The maximum absolute atomic E-state index is 11.4. The van der Waals surface area contributed by atoms with Crippen LogP contribution in [0.5, 0.6) is 0 Å². The monoisotopic (exact) mass is 313 g/mol. The Kier molecular flexibility index (Phi) is 3.39. The van der Waals surface area contributed by atoms with Crippen LogP contribution in [-0.4, -0.2) is 16.1 Å². The summed E-state index contributed by atoms with van der Waals surface area (Å²) in [6.45, 7) is 0. The first-order valence-corrected chi connectivity index (χ1v) is 7.74. The number of rotatable bonds is 3. The van der Waals surface area contributed by atoms with E-state index in [1.54, 1.807) is 12.1 Å². The zero-order valence-corrected chi connectivity index (χ0v) is 12.9. The van der Waals surface area contributed by atoms with Gasteiger partial charge in [0, 0.05) is 16.5 Å². The molecule has 0 bridgehead atoms. The van der Waals surface area contributed by atoms with Gasteiger partial charge < -0.3 is 10.1 Å². The van der Waals surface area contributed by atoms with Gasteiger partial charge in [0.15, 0.2) is 0 Å². The Morgan fingerprint density at radius 2 is 1.42 bits per heavy atom. The number of benzene rings is 3. The Hall–Kier alpha value is -3.33. The minimum absolute atomic E-state index is 0.290. The Morgan fingerprint density at radius 3 is 2.04 bits per heavy atom. The molecule has 3 nitrogen and oxygen atoms in total. The molecular weight excluding hydrogens is 298 g/mol. The maximum Gasteiger partial charge on any atom is 0.335 e. The summed E-state index contributed by atoms with van der Waals surface area (Å²) in [6, 6.07) is 25.3. The van der Waals surface area contributed by atoms with E-state index >= 15 is 0 Å². The molecule has 0 atom stereocenters. The zero-order chi connectivity index (χ0) is 16.5. The quantitative estimate of drug-likeness (QED) is 0.546. The third kappa shape index (κ3) is 2.36. The van der Waals surface area contributed by atoms with Gasteiger partial charge in [0.2, 0.25) is 0 Å². The van der Waals surface area contributed by atoms with Crippen LogP contribution >= 0.6 is 0 Å². The van der Waals surface area contributed by atoms with Crippen molar-refractivity contribution in [2.45, 2.75) is 0 Å². The SMILES string of the molecule is O=C(O)c1ccc2[nH]c(-c3ccccc3)c(-c3ccccc3)c2c1. The molecule has 0 fully saturated rings. The van der Waals surface area contributed by atoms with Crippen LogP contribution in [0.3, 0.4) is 0 Å². The van der Waals surface area contributed by atoms with Crippen LogP contribution in [0.25, 0.3) is 33.3 Å². The maximum atomic E-state index is 11.4. The lowest BCUT2D eigenvalue weighted by Crippen LogP contribution is -1.94. The lowest BCUT2D eigenvalue weighted by atomic mass is 9.97. The van der Waals surface area contributed by atoms with Crippen molar-refractivity contribution in [2.75, 3.05) is 0 Å². The fraction of sp³-hybridized carbons (Fsp3) is 0. The van der Waals surface area contributed by atoms with Crippen molar-refractivity contribution < 1.29 is 9.90 Å². The summed E-state index contributed by atoms with van der Waals surface area (Å²) in [7, 11) is 0. The molecule has 0 aliphatic rings. The highest BCUT2D eigenvalue weighted by Crippen LogP contribution is 2.38. The highest BCUT2D eigenvalue weighted by molar-refractivity contribution is 6.06. The zero-order valence-electron chi connectivity index (χ0n) is 12.9. The van der Waals surface area contributed by atoms with Crippen LogP contribution in [0.4, 0.5) is 0 Å². The van der Waals surface area contributed by atoms with Gasteiger partial charge in [-0.15, -0.1) is 0 Å². The number of carbonyl (C=O) groups is 1. The highest BCUT2D eigenvalue weighted by Gasteiger charge is 2.16. The van der Waals surface area contributed by atoms with E-state index in [0.717, 1.165) is 33.3 Å². The Balaban J connectivity index is 2.07. The number of aromatic nitrogens is 1. The van der Waals surface area contributed by atoms with Gasteiger partial charge in [0.25, 0.3) is 0 Å². The molecule has 4 rings (SSSR count). The van der Waals surface area contributed by atoms with E-state index in [1.807, 2.05) is 54.6 Å². The Morgan fingerprint density at radius 1 is 0.792 bits per heavy atom. The normalized spacial score (nSPS) is 10.8. The number of aromatic carboxylic acids is 1. The number of fused-ring (bicyclic) bond motifs is 1. The Bertz CT molecular complexity index is 1020. The fourth-order valence-corrected chi connectivity index (χ4v) is 3.05. The molecule has 0 aliphatic heterocycles. The third-order valence-electron chi connectivity index (χ3n) is 4.17. The number of H-pyrrole nitrogens is 1. The van der Waals surface area contributed by atoms with E-state index in [-0.39, 0.29) is 0 Å². The van der Waals surface area contributed by atoms with Crippen molar-refractivity contribution in [2.24, 2.45) is 0 Å². The van der Waals surface area contributed by atoms with Gasteiger partial charge in [-0.2, -0.15) is 0 Å². The van der Waals surface area contributed by atoms with Crippen molar-refractivity contribution in [1.29, 1.82) is 0 Å². The van der Waals surface area contributed by atoms with Crippen LogP contribution in [-0.2, 0) is 0 Å². The summed E-state index contributed by atoms with van der Waals surface area (Å²) >= 11 is 0. The van der Waals surface area contributed by atoms with E-state index in [1.165, 1.54) is 0 Å². The molecule has 0 aliphatic carbocycles. The molecule has 2 N–H and O–H groups in total. The predicted octanol–water partition coefficient (Wildman–Crippen LogP) is 5.20. The largest absolute Gasteiger partial charge is 0.478 e. The van der Waals surface area contributed by atoms with E-state index in [0.29, 0.717) is 5.56 Å². The second kappa shape index (κ2) is 5.70. The number of hydrogen-bond acceptors (Lipinski definition) is 1. The first-order valence-electron chi connectivity index (χ1n) is 7.74. The topological polar surface area (TPSA) is 53.1 Å². The van der Waals surface area contributed by atoms with Gasteiger partial charge in [0.05, 0.1) is 11.3 Å². The van der Waals surface area contributed by atoms with E-state index < -0.39 is 5.97 Å². The predicted molar refractivity (Wildman–Crippen MR) is 96.1 cm³/mol. The molecule has 0 spiro atoms. The molecule has 116 valence electrons. The molecule has 0 radical (unpaired) electrons. The van der Waals surface area contributed by atoms with Crippen LogP contribution in [0.15, 0.2) is 78.9 Å². The smallest absolute Gasteiger partial charge is 0.335 e. The van der Waals surface area contributed by atoms with Gasteiger partial charge in [-0.3, -0.25) is 0 Å². The summed E-state index contributed by atoms with van der Waals surface area (Å²) < 4.78 is 0. The number of carboxylic acid groups (broad SMARTS) is 1. The van der Waals surface area contributed by atoms with E-state index in [4.69, 9.17) is 0 Å². The van der Waals surface area contributed by atoms with E-state index in [2.05, 4.69) is 17.1 Å². The number of hydrogen-bond donors (Lipinski definition) is 2. The van der Waals surface area contributed by atoms with Crippen molar-refractivity contribution >= 4 is 16.9 Å². The summed E-state index contributed by atoms with van der Waals surface area (Å²) in [5, 5.41) is 10.2. The van der Waals surface area contributed by atoms with E-state index in [9.17, 15) is 9.90 Å². The van der Waals surface area contributed by atoms with Gasteiger partial charge >= 0.3 is 5.97 Å². The molecule has 0 saturated heterocycles. The van der Waals surface area contributed by atoms with Gasteiger partial charge in [-0.1, -0.05) is 60.7 Å².